The van der Waals surface area contributed by atoms with Gasteiger partial charge < -0.3 is 21.0 Å². The number of carbonyl (C=O) groups excluding carboxylic acids is 2. The average molecular weight is 525 g/mol. The quantitative estimate of drug-likeness (QED) is 0.190. The second kappa shape index (κ2) is 9.95. The lowest BCUT2D eigenvalue weighted by Crippen LogP contribution is -2.71. The van der Waals surface area contributed by atoms with E-state index in [0.717, 1.165) is 11.5 Å². The Balaban J connectivity index is 1.53. The lowest BCUT2D eigenvalue weighted by molar-refractivity contribution is -0.689. The fourth-order valence-corrected chi connectivity index (χ4v) is 5.44. The second-order valence-corrected chi connectivity index (χ2v) is 9.45. The molecule has 0 spiro atoms. The van der Waals surface area contributed by atoms with Crippen LogP contribution >= 0.6 is 34.9 Å². The number of fused-ring (bicyclic) bond motifs is 1. The van der Waals surface area contributed by atoms with Crippen LogP contribution in [0.3, 0.4) is 0 Å². The Bertz CT molecular complexity index is 1220. The first-order chi connectivity index (χ1) is 16.3. The normalized spacial score (nSPS) is 20.0. The summed E-state index contributed by atoms with van der Waals surface area (Å²) in [6.07, 6.45) is 3.43. The molecule has 1 unspecified atom stereocenters. The van der Waals surface area contributed by atoms with Gasteiger partial charge in [0.2, 0.25) is 11.5 Å². The molecule has 0 radical (unpaired) electrons. The van der Waals surface area contributed by atoms with E-state index < -0.39 is 29.2 Å². The predicted molar refractivity (Wildman–Crippen MR) is 124 cm³/mol. The number of amides is 2. The topological polar surface area (TPSA) is 164 Å². The van der Waals surface area contributed by atoms with Crippen molar-refractivity contribution in [2.45, 2.75) is 24.9 Å². The van der Waals surface area contributed by atoms with Crippen LogP contribution < -0.4 is 15.6 Å². The number of aromatic nitrogens is 3. The third-order valence-corrected chi connectivity index (χ3v) is 6.99. The molecule has 4 heterocycles. The number of rotatable bonds is 8. The highest BCUT2D eigenvalue weighted by molar-refractivity contribution is 8.00. The number of thioether (sulfide) groups is 1. The summed E-state index contributed by atoms with van der Waals surface area (Å²) in [6, 6.07) is 2.51. The Morgan fingerprint density at radius 3 is 2.94 bits per heavy atom. The molecule has 1 fully saturated rings. The minimum atomic E-state index is -1.22. The number of oxime groups is 1. The molecule has 0 bridgehead atoms. The van der Waals surface area contributed by atoms with E-state index >= 15 is 0 Å². The van der Waals surface area contributed by atoms with Crippen LogP contribution in [0.2, 0.25) is 5.02 Å². The van der Waals surface area contributed by atoms with Gasteiger partial charge in [-0.05, 0) is 13.0 Å². The van der Waals surface area contributed by atoms with Crippen LogP contribution in [-0.4, -0.2) is 66.6 Å². The largest absolute Gasteiger partial charge is 0.477 e. The lowest BCUT2D eigenvalue weighted by atomic mass is 10.0. The van der Waals surface area contributed by atoms with Gasteiger partial charge in [0.05, 0.1) is 0 Å². The van der Waals surface area contributed by atoms with Crippen molar-refractivity contribution in [1.82, 2.24) is 19.6 Å². The molecule has 34 heavy (non-hydrogen) atoms. The number of hydrogen-bond donors (Lipinski definition) is 3. The fourth-order valence-electron chi connectivity index (χ4n) is 3.47. The van der Waals surface area contributed by atoms with Crippen LogP contribution in [0.5, 0.6) is 0 Å². The van der Waals surface area contributed by atoms with Crippen molar-refractivity contribution >= 4 is 63.5 Å². The predicted octanol–water partition coefficient (Wildman–Crippen LogP) is 0.241. The fraction of sp³-hybridized carbons (Fsp3) is 0.316. The summed E-state index contributed by atoms with van der Waals surface area (Å²) in [5.41, 5.74) is 5.83. The van der Waals surface area contributed by atoms with Crippen molar-refractivity contribution in [3.63, 3.8) is 0 Å². The molecular formula is C19H19ClN7O5S2+. The number of carboxylic acid groups (broad SMARTS) is 1. The van der Waals surface area contributed by atoms with Gasteiger partial charge in [-0.25, -0.2) is 4.79 Å². The number of β-lactam (4-membered cyclic amide) rings is 1. The van der Waals surface area contributed by atoms with E-state index in [1.54, 1.807) is 36.0 Å². The summed E-state index contributed by atoms with van der Waals surface area (Å²) in [6.45, 7) is 2.14. The molecule has 4 rings (SSSR count). The number of nitrogens with one attached hydrogen (secondary N) is 1. The average Bonchev–Trinajstić information content (AvgIpc) is 3.23. The first kappa shape index (κ1) is 23.9. The van der Waals surface area contributed by atoms with E-state index in [0.29, 0.717) is 16.3 Å². The van der Waals surface area contributed by atoms with E-state index in [4.69, 9.17) is 22.2 Å². The Kier molecular flexibility index (Phi) is 7.00. The Morgan fingerprint density at radius 1 is 1.50 bits per heavy atom. The Labute approximate surface area is 206 Å². The molecule has 0 aromatic carbocycles. The number of nitrogens with zero attached hydrogens (tertiary/aromatic N) is 5. The van der Waals surface area contributed by atoms with Crippen molar-refractivity contribution in [3.8, 4) is 0 Å². The number of aliphatic carboxylic acids is 1. The number of anilines is 1. The monoisotopic (exact) mass is 524 g/mol. The maximum absolute atomic E-state index is 12.9. The number of nitrogen functional groups attached to an aromatic ring is 1. The molecule has 15 heteroatoms. The molecule has 2 aliphatic heterocycles. The highest BCUT2D eigenvalue weighted by Gasteiger charge is 2.54. The number of hydrogen-bond acceptors (Lipinski definition) is 10. The van der Waals surface area contributed by atoms with Crippen molar-refractivity contribution in [2.24, 2.45) is 5.16 Å². The number of carbonyl (C=O) groups is 3. The summed E-state index contributed by atoms with van der Waals surface area (Å²) >= 11 is 8.26. The molecule has 2 aromatic rings. The van der Waals surface area contributed by atoms with Crippen LogP contribution in [0.4, 0.5) is 5.13 Å². The van der Waals surface area contributed by atoms with E-state index in [-0.39, 0.29) is 35.5 Å². The molecule has 1 saturated heterocycles. The van der Waals surface area contributed by atoms with Gasteiger partial charge in [-0.15, -0.1) is 11.8 Å². The molecule has 0 saturated carbocycles. The van der Waals surface area contributed by atoms with Gasteiger partial charge in [0.15, 0.2) is 24.1 Å². The van der Waals surface area contributed by atoms with E-state index in [1.807, 2.05) is 0 Å². The SMILES string of the molecule is CCON=C(C(=O)NC1C(=O)N2C(C(=O)O)=C(C[n+]3cccc(Cl)c3)CS[C@H]12)c1nsc(N)n1. The van der Waals surface area contributed by atoms with Crippen LogP contribution in [0.25, 0.3) is 0 Å². The maximum Gasteiger partial charge on any atom is 0.352 e. The van der Waals surface area contributed by atoms with E-state index in [2.05, 4.69) is 19.8 Å². The van der Waals surface area contributed by atoms with Gasteiger partial charge in [0, 0.05) is 28.9 Å². The minimum absolute atomic E-state index is 0.0275. The molecule has 4 N–H and O–H groups in total. The highest BCUT2D eigenvalue weighted by atomic mass is 35.5. The van der Waals surface area contributed by atoms with Gasteiger partial charge in [0.1, 0.15) is 28.7 Å². The second-order valence-electron chi connectivity index (χ2n) is 7.13. The van der Waals surface area contributed by atoms with E-state index in [1.165, 1.54) is 16.7 Å². The van der Waals surface area contributed by atoms with Crippen LogP contribution in [0.15, 0.2) is 41.0 Å². The zero-order valence-corrected chi connectivity index (χ0v) is 20.1. The third-order valence-electron chi connectivity index (χ3n) is 4.89. The first-order valence-corrected chi connectivity index (χ1v) is 12.1. The van der Waals surface area contributed by atoms with Gasteiger partial charge >= 0.3 is 5.97 Å². The third kappa shape index (κ3) is 4.69. The number of carboxylic acids is 1. The zero-order chi connectivity index (χ0) is 24.4. The van der Waals surface area contributed by atoms with Gasteiger partial charge in [-0.3, -0.25) is 14.5 Å². The highest BCUT2D eigenvalue weighted by Crippen LogP contribution is 2.40. The molecule has 2 aromatic heterocycles. The molecule has 2 amide bonds. The molecule has 2 atom stereocenters. The first-order valence-electron chi connectivity index (χ1n) is 9.95. The molecule has 12 nitrogen and oxygen atoms in total. The van der Waals surface area contributed by atoms with Crippen molar-refractivity contribution in [1.29, 1.82) is 0 Å². The summed E-state index contributed by atoms with van der Waals surface area (Å²) < 4.78 is 5.71. The van der Waals surface area contributed by atoms with Crippen LogP contribution in [-0.2, 0) is 25.8 Å². The van der Waals surface area contributed by atoms with Crippen LogP contribution in [0.1, 0.15) is 12.7 Å². The zero-order valence-electron chi connectivity index (χ0n) is 17.7. The van der Waals surface area contributed by atoms with Crippen molar-refractivity contribution in [2.75, 3.05) is 18.1 Å². The number of pyridine rings is 1. The molecule has 2 aliphatic rings. The Morgan fingerprint density at radius 2 is 2.29 bits per heavy atom. The number of nitrogens with two attached hydrogens (primary N) is 1. The summed E-state index contributed by atoms with van der Waals surface area (Å²) in [4.78, 5) is 48.0. The standard InChI is InChI=1S/C19H18ClN7O5S2/c1-2-32-24-11(14-23-19(21)34-25-14)15(28)22-12-16(29)27-13(18(30)31)9(8-33-17(12)27)6-26-5-3-4-10(20)7-26/h3-5,7,12,17H,2,6,8H2,1H3,(H3-,21,22,23,25,28,30,31)/p+1/t12?,17-/m1/s1. The van der Waals surface area contributed by atoms with Gasteiger partial charge in [-0.1, -0.05) is 16.8 Å². The Hall–Kier alpha value is -3.23. The lowest BCUT2D eigenvalue weighted by Gasteiger charge is -2.49. The molecule has 0 aliphatic carbocycles. The van der Waals surface area contributed by atoms with Crippen LogP contribution in [0, 0.1) is 0 Å². The summed E-state index contributed by atoms with van der Waals surface area (Å²) in [5, 5.41) is 16.3. The molecular weight excluding hydrogens is 506 g/mol. The number of halogens is 1. The summed E-state index contributed by atoms with van der Waals surface area (Å²) in [5.74, 6) is -2.17. The maximum atomic E-state index is 12.9. The molecule has 178 valence electrons. The van der Waals surface area contributed by atoms with Crippen molar-refractivity contribution in [3.05, 3.63) is 46.6 Å². The van der Waals surface area contributed by atoms with Crippen molar-refractivity contribution < 1.29 is 28.9 Å². The van der Waals surface area contributed by atoms with Gasteiger partial charge in [-0.2, -0.15) is 13.9 Å². The van der Waals surface area contributed by atoms with E-state index in [9.17, 15) is 19.5 Å². The minimum Gasteiger partial charge on any atom is -0.477 e. The van der Waals surface area contributed by atoms with Gasteiger partial charge in [0.25, 0.3) is 11.8 Å². The smallest absolute Gasteiger partial charge is 0.352 e. The summed E-state index contributed by atoms with van der Waals surface area (Å²) in [7, 11) is 0.